The molecule has 0 aliphatic heterocycles. The fourth-order valence-electron chi connectivity index (χ4n) is 4.96. The fourth-order valence-corrected chi connectivity index (χ4v) is 6.21. The second kappa shape index (κ2) is 12.4. The van der Waals surface area contributed by atoms with Crippen molar-refractivity contribution >= 4 is 32.7 Å². The maximum atomic E-state index is 12.7. The lowest BCUT2D eigenvalue weighted by Crippen LogP contribution is -2.33. The number of nitrogens with one attached hydrogen (secondary N) is 2. The molecule has 2 N–H and O–H groups in total. The first kappa shape index (κ1) is 28.9. The Morgan fingerprint density at radius 1 is 0.923 bits per heavy atom. The minimum absolute atomic E-state index is 0.0953. The molecule has 1 aromatic heterocycles. The van der Waals surface area contributed by atoms with Crippen molar-refractivity contribution in [1.29, 1.82) is 0 Å². The summed E-state index contributed by atoms with van der Waals surface area (Å²) in [5, 5.41) is 4.42. The van der Waals surface area contributed by atoms with Gasteiger partial charge in [0.05, 0.1) is 5.52 Å². The number of hydrogen-bond donors (Lipinski definition) is 2. The molecule has 1 heterocycles. The van der Waals surface area contributed by atoms with Crippen LogP contribution in [0.1, 0.15) is 39.5 Å². The maximum absolute atomic E-state index is 12.7. The predicted octanol–water partition coefficient (Wildman–Crippen LogP) is 5.57. The highest BCUT2D eigenvalue weighted by atomic mass is 32.2. The molecule has 0 spiro atoms. The zero-order valence-electron chi connectivity index (χ0n) is 22.0. The Balaban J connectivity index is 1.32. The number of ether oxygens (including phenoxy) is 1. The van der Waals surface area contributed by atoms with Crippen molar-refractivity contribution in [1.82, 2.24) is 14.7 Å². The van der Waals surface area contributed by atoms with Gasteiger partial charge in [-0.1, -0.05) is 24.3 Å². The quantitative estimate of drug-likeness (QED) is 0.314. The van der Waals surface area contributed by atoms with E-state index in [1.807, 2.05) is 24.3 Å². The Morgan fingerprint density at radius 2 is 1.54 bits per heavy atom. The summed E-state index contributed by atoms with van der Waals surface area (Å²) in [5.74, 6) is 1.23. The van der Waals surface area contributed by atoms with Crippen molar-refractivity contribution < 1.29 is 26.3 Å². The van der Waals surface area contributed by atoms with Crippen LogP contribution in [0.2, 0.25) is 0 Å². The van der Waals surface area contributed by atoms with Crippen LogP contribution in [0.3, 0.4) is 0 Å². The lowest BCUT2D eigenvalue weighted by Gasteiger charge is -2.29. The van der Waals surface area contributed by atoms with E-state index in [-0.39, 0.29) is 12.5 Å². The number of fused-ring (bicyclic) bond motifs is 1. The van der Waals surface area contributed by atoms with Crippen LogP contribution in [0.5, 0.6) is 5.75 Å². The Morgan fingerprint density at radius 3 is 2.21 bits per heavy atom. The van der Waals surface area contributed by atoms with Crippen LogP contribution in [0.15, 0.2) is 53.4 Å². The predicted molar refractivity (Wildman–Crippen MR) is 145 cm³/mol. The number of aromatic nitrogens is 2. The molecule has 12 heteroatoms. The number of nitrogens with zero attached hydrogens (tertiary/aromatic N) is 3. The van der Waals surface area contributed by atoms with Crippen LogP contribution in [0.4, 0.5) is 24.9 Å². The maximum Gasteiger partial charge on any atom is 0.573 e. The van der Waals surface area contributed by atoms with Gasteiger partial charge in [0, 0.05) is 31.6 Å². The van der Waals surface area contributed by atoms with E-state index in [1.165, 1.54) is 12.1 Å². The summed E-state index contributed by atoms with van der Waals surface area (Å²) < 4.78 is 69.9. The van der Waals surface area contributed by atoms with E-state index >= 15 is 0 Å². The average molecular weight is 566 g/mol. The van der Waals surface area contributed by atoms with Crippen molar-refractivity contribution in [3.63, 3.8) is 0 Å². The SMILES string of the molecule is CCN(CC)c1nc(NC[C@H]2CC[C@H](CNS(=O)(=O)c3ccccc3OC(F)(F)F)CC2)nc2ccccc12. The summed E-state index contributed by atoms with van der Waals surface area (Å²) in [5.41, 5.74) is 0.884. The van der Waals surface area contributed by atoms with Crippen molar-refractivity contribution in [3.05, 3.63) is 48.5 Å². The van der Waals surface area contributed by atoms with E-state index in [1.54, 1.807) is 0 Å². The third kappa shape index (κ3) is 7.51. The minimum atomic E-state index is -4.98. The highest BCUT2D eigenvalue weighted by Crippen LogP contribution is 2.32. The number of benzene rings is 2. The third-order valence-corrected chi connectivity index (χ3v) is 8.55. The van der Waals surface area contributed by atoms with Gasteiger partial charge in [-0.05, 0) is 75.6 Å². The average Bonchev–Trinajstić information content (AvgIpc) is 2.91. The summed E-state index contributed by atoms with van der Waals surface area (Å²) in [6, 6.07) is 12.7. The first-order valence-corrected chi connectivity index (χ1v) is 14.7. The van der Waals surface area contributed by atoms with Crippen LogP contribution in [-0.2, 0) is 10.0 Å². The zero-order valence-corrected chi connectivity index (χ0v) is 22.9. The van der Waals surface area contributed by atoms with Crippen molar-refractivity contribution in [3.8, 4) is 5.75 Å². The number of alkyl halides is 3. The van der Waals surface area contributed by atoms with Gasteiger partial charge < -0.3 is 15.0 Å². The van der Waals surface area contributed by atoms with Gasteiger partial charge in [-0.25, -0.2) is 18.1 Å². The van der Waals surface area contributed by atoms with E-state index in [0.717, 1.165) is 67.6 Å². The van der Waals surface area contributed by atoms with Crippen molar-refractivity contribution in [2.45, 2.75) is 50.8 Å². The van der Waals surface area contributed by atoms with E-state index in [2.05, 4.69) is 33.5 Å². The third-order valence-electron chi connectivity index (χ3n) is 7.09. The molecule has 0 amide bonds. The monoisotopic (exact) mass is 565 g/mol. The molecule has 39 heavy (non-hydrogen) atoms. The van der Waals surface area contributed by atoms with Crippen molar-refractivity contribution in [2.75, 3.05) is 36.4 Å². The zero-order chi connectivity index (χ0) is 28.0. The van der Waals surface area contributed by atoms with Gasteiger partial charge in [-0.15, -0.1) is 13.2 Å². The Bertz CT molecular complexity index is 1360. The molecule has 3 aromatic rings. The standard InChI is InChI=1S/C27H34F3N5O3S/c1-3-35(4-2)25-21-9-5-6-10-22(21)33-26(34-25)31-17-19-13-15-20(16-14-19)18-32-39(36,37)24-12-8-7-11-23(24)38-27(28,29)30/h5-12,19-20,32H,3-4,13-18H2,1-2H3,(H,31,33,34)/t19-,20-. The molecule has 4 rings (SSSR count). The Hall–Kier alpha value is -3.12. The Labute approximate surface area is 227 Å². The molecule has 0 saturated heterocycles. The van der Waals surface area contributed by atoms with E-state index < -0.39 is 27.0 Å². The smallest absolute Gasteiger partial charge is 0.404 e. The molecule has 1 fully saturated rings. The van der Waals surface area contributed by atoms with Crippen molar-refractivity contribution in [2.24, 2.45) is 11.8 Å². The van der Waals surface area contributed by atoms with Gasteiger partial charge in [0.1, 0.15) is 16.5 Å². The molecule has 1 aliphatic carbocycles. The first-order chi connectivity index (χ1) is 18.6. The fraction of sp³-hybridized carbons (Fsp3) is 0.481. The van der Waals surface area contributed by atoms with Crippen LogP contribution in [-0.4, -0.2) is 50.9 Å². The van der Waals surface area contributed by atoms with Gasteiger partial charge >= 0.3 is 6.36 Å². The molecule has 8 nitrogen and oxygen atoms in total. The molecular weight excluding hydrogens is 531 g/mol. The first-order valence-electron chi connectivity index (χ1n) is 13.2. The van der Waals surface area contributed by atoms with E-state index in [0.29, 0.717) is 18.4 Å². The van der Waals surface area contributed by atoms with Crippen LogP contribution >= 0.6 is 0 Å². The van der Waals surface area contributed by atoms with Gasteiger partial charge in [-0.3, -0.25) is 0 Å². The number of para-hydroxylation sites is 2. The largest absolute Gasteiger partial charge is 0.573 e. The lowest BCUT2D eigenvalue weighted by atomic mass is 9.82. The van der Waals surface area contributed by atoms with Crippen LogP contribution < -0.4 is 19.7 Å². The van der Waals surface area contributed by atoms with Gasteiger partial charge in [0.2, 0.25) is 16.0 Å². The number of rotatable bonds is 11. The van der Waals surface area contributed by atoms with E-state index in [4.69, 9.17) is 9.97 Å². The molecular formula is C27H34F3N5O3S. The molecule has 0 radical (unpaired) electrons. The summed E-state index contributed by atoms with van der Waals surface area (Å²) in [6.07, 6.45) is -1.59. The summed E-state index contributed by atoms with van der Waals surface area (Å²) in [4.78, 5) is 11.2. The molecule has 212 valence electrons. The number of anilines is 2. The number of halogens is 3. The van der Waals surface area contributed by atoms with Crippen LogP contribution in [0, 0.1) is 11.8 Å². The molecule has 1 aliphatic rings. The van der Waals surface area contributed by atoms with Gasteiger partial charge in [-0.2, -0.15) is 4.98 Å². The van der Waals surface area contributed by atoms with Gasteiger partial charge in [0.25, 0.3) is 0 Å². The minimum Gasteiger partial charge on any atom is -0.404 e. The molecule has 0 bridgehead atoms. The lowest BCUT2D eigenvalue weighted by molar-refractivity contribution is -0.275. The molecule has 2 aromatic carbocycles. The number of sulfonamides is 1. The molecule has 0 unspecified atom stereocenters. The van der Waals surface area contributed by atoms with Gasteiger partial charge in [0.15, 0.2) is 0 Å². The van der Waals surface area contributed by atoms with E-state index in [9.17, 15) is 21.6 Å². The number of hydrogen-bond acceptors (Lipinski definition) is 7. The van der Waals surface area contributed by atoms with Crippen LogP contribution in [0.25, 0.3) is 10.9 Å². The molecule has 0 atom stereocenters. The highest BCUT2D eigenvalue weighted by molar-refractivity contribution is 7.89. The second-order valence-electron chi connectivity index (χ2n) is 9.67. The molecule has 1 saturated carbocycles. The summed E-state index contributed by atoms with van der Waals surface area (Å²) in [7, 11) is -4.16. The second-order valence-corrected chi connectivity index (χ2v) is 11.4. The highest BCUT2D eigenvalue weighted by Gasteiger charge is 2.34. The summed E-state index contributed by atoms with van der Waals surface area (Å²) >= 11 is 0. The normalized spacial score (nSPS) is 18.2. The Kier molecular flexibility index (Phi) is 9.16. The summed E-state index contributed by atoms with van der Waals surface area (Å²) in [6.45, 7) is 6.74. The topological polar surface area (TPSA) is 96.5 Å².